The van der Waals surface area contributed by atoms with Crippen molar-refractivity contribution in [2.24, 2.45) is 0 Å². The monoisotopic (exact) mass is 255 g/mol. The molecule has 0 aliphatic carbocycles. The van der Waals surface area contributed by atoms with E-state index in [0.29, 0.717) is 0 Å². The number of likely N-dealkylation sites (tertiary alicyclic amines) is 1. The summed E-state index contributed by atoms with van der Waals surface area (Å²) in [6.45, 7) is 6.36. The number of aromatic nitrogens is 2. The normalized spacial score (nSPS) is 24.5. The van der Waals surface area contributed by atoms with Gasteiger partial charge in [0.05, 0.1) is 30.3 Å². The molecule has 0 bridgehead atoms. The summed E-state index contributed by atoms with van der Waals surface area (Å²) in [6, 6.07) is 0. The van der Waals surface area contributed by atoms with E-state index in [0.717, 1.165) is 51.4 Å². The van der Waals surface area contributed by atoms with E-state index in [2.05, 4.69) is 14.5 Å². The molecule has 2 saturated heterocycles. The van der Waals surface area contributed by atoms with Crippen molar-refractivity contribution in [2.45, 2.75) is 32.1 Å². The molecule has 5 nitrogen and oxygen atoms in total. The first kappa shape index (κ1) is 11.5. The highest BCUT2D eigenvalue weighted by molar-refractivity contribution is 7.05. The van der Waals surface area contributed by atoms with Crippen LogP contribution in [0.2, 0.25) is 0 Å². The molecule has 6 heteroatoms. The smallest absolute Gasteiger partial charge is 0.181 e. The zero-order valence-corrected chi connectivity index (χ0v) is 10.8. The third-order valence-corrected chi connectivity index (χ3v) is 4.23. The number of nitrogens with zero attached hydrogens (tertiary/aromatic N) is 3. The first-order chi connectivity index (χ1) is 8.27. The number of piperidine rings is 1. The Morgan fingerprint density at radius 1 is 1.41 bits per heavy atom. The maximum absolute atomic E-state index is 5.77. The minimum absolute atomic E-state index is 0.329. The van der Waals surface area contributed by atoms with Crippen molar-refractivity contribution in [1.82, 2.24) is 14.5 Å². The molecule has 2 aliphatic heterocycles. The Balaban J connectivity index is 1.66. The maximum atomic E-state index is 5.77. The molecular formula is C11H17N3O2S. The van der Waals surface area contributed by atoms with E-state index in [1.165, 1.54) is 16.4 Å². The van der Waals surface area contributed by atoms with Crippen LogP contribution in [0.4, 0.5) is 0 Å². The predicted octanol–water partition coefficient (Wildman–Crippen LogP) is 1.19. The van der Waals surface area contributed by atoms with Crippen LogP contribution in [0.25, 0.3) is 0 Å². The van der Waals surface area contributed by atoms with Crippen LogP contribution in [0, 0.1) is 6.92 Å². The van der Waals surface area contributed by atoms with Crippen LogP contribution in [0.15, 0.2) is 0 Å². The van der Waals surface area contributed by atoms with Crippen molar-refractivity contribution in [3.63, 3.8) is 0 Å². The lowest BCUT2D eigenvalue weighted by Crippen LogP contribution is -2.48. The van der Waals surface area contributed by atoms with Crippen LogP contribution in [0.3, 0.4) is 0 Å². The Bertz CT molecular complexity index is 390. The molecule has 2 aliphatic rings. The van der Waals surface area contributed by atoms with Crippen molar-refractivity contribution in [3.8, 4) is 0 Å². The van der Waals surface area contributed by atoms with Gasteiger partial charge in [-0.25, -0.2) is 0 Å². The van der Waals surface area contributed by atoms with Gasteiger partial charge in [-0.2, -0.15) is 0 Å². The fraction of sp³-hybridized carbons (Fsp3) is 0.818. The third kappa shape index (κ3) is 2.35. The van der Waals surface area contributed by atoms with Crippen LogP contribution in [0.1, 0.15) is 23.4 Å². The van der Waals surface area contributed by atoms with Gasteiger partial charge in [-0.05, 0) is 31.4 Å². The molecule has 94 valence electrons. The summed E-state index contributed by atoms with van der Waals surface area (Å²) >= 11 is 1.49. The molecular weight excluding hydrogens is 238 g/mol. The van der Waals surface area contributed by atoms with E-state index in [9.17, 15) is 0 Å². The first-order valence-electron chi connectivity index (χ1n) is 6.06. The zero-order chi connectivity index (χ0) is 11.7. The highest BCUT2D eigenvalue weighted by Gasteiger charge is 2.40. The second-order valence-electron chi connectivity index (χ2n) is 4.70. The average molecular weight is 255 g/mol. The molecule has 1 aromatic heterocycles. The van der Waals surface area contributed by atoms with Crippen molar-refractivity contribution in [3.05, 3.63) is 10.6 Å². The summed E-state index contributed by atoms with van der Waals surface area (Å²) in [5.74, 6) is -0.329. The standard InChI is InChI=1S/C11H17N3O2S/c1-9-10(17-13-12-9)7-14-4-2-3-11(8-14)15-5-6-16-11/h2-8H2,1H3. The number of hydrogen-bond acceptors (Lipinski definition) is 6. The average Bonchev–Trinajstić information content (AvgIpc) is 2.91. The van der Waals surface area contributed by atoms with Crippen LogP contribution < -0.4 is 0 Å². The van der Waals surface area contributed by atoms with Gasteiger partial charge in [0.1, 0.15) is 0 Å². The van der Waals surface area contributed by atoms with Crippen molar-refractivity contribution in [1.29, 1.82) is 0 Å². The third-order valence-electron chi connectivity index (χ3n) is 3.42. The topological polar surface area (TPSA) is 47.5 Å². The minimum atomic E-state index is -0.329. The van der Waals surface area contributed by atoms with Gasteiger partial charge in [-0.3, -0.25) is 4.90 Å². The summed E-state index contributed by atoms with van der Waals surface area (Å²) in [5, 5.41) is 4.05. The molecule has 0 unspecified atom stereocenters. The number of rotatable bonds is 2. The molecule has 0 atom stereocenters. The molecule has 0 aromatic carbocycles. The quantitative estimate of drug-likeness (QED) is 0.794. The Morgan fingerprint density at radius 3 is 2.94 bits per heavy atom. The van der Waals surface area contributed by atoms with E-state index in [-0.39, 0.29) is 5.79 Å². The summed E-state index contributed by atoms with van der Waals surface area (Å²) in [4.78, 5) is 3.64. The lowest BCUT2D eigenvalue weighted by molar-refractivity contribution is -0.190. The second-order valence-corrected chi connectivity index (χ2v) is 5.54. The largest absolute Gasteiger partial charge is 0.346 e. The highest BCUT2D eigenvalue weighted by Crippen LogP contribution is 2.31. The van der Waals surface area contributed by atoms with Crippen molar-refractivity contribution >= 4 is 11.5 Å². The Hall–Kier alpha value is -0.560. The molecule has 1 aromatic rings. The van der Waals surface area contributed by atoms with Crippen molar-refractivity contribution < 1.29 is 9.47 Å². The van der Waals surface area contributed by atoms with E-state index >= 15 is 0 Å². The Labute approximate surface area is 105 Å². The molecule has 0 N–H and O–H groups in total. The van der Waals surface area contributed by atoms with Gasteiger partial charge in [0, 0.05) is 13.0 Å². The van der Waals surface area contributed by atoms with Crippen LogP contribution in [-0.4, -0.2) is 46.6 Å². The first-order valence-corrected chi connectivity index (χ1v) is 6.83. The highest BCUT2D eigenvalue weighted by atomic mass is 32.1. The van der Waals surface area contributed by atoms with Gasteiger partial charge in [0.25, 0.3) is 0 Å². The Morgan fingerprint density at radius 2 is 2.24 bits per heavy atom. The van der Waals surface area contributed by atoms with E-state index in [1.54, 1.807) is 0 Å². The van der Waals surface area contributed by atoms with Gasteiger partial charge < -0.3 is 9.47 Å². The number of hydrogen-bond donors (Lipinski definition) is 0. The molecule has 0 saturated carbocycles. The predicted molar refractivity (Wildman–Crippen MR) is 63.8 cm³/mol. The van der Waals surface area contributed by atoms with E-state index < -0.39 is 0 Å². The molecule has 3 heterocycles. The number of aryl methyl sites for hydroxylation is 1. The lowest BCUT2D eigenvalue weighted by Gasteiger charge is -2.38. The zero-order valence-electron chi connectivity index (χ0n) is 10.0. The molecule has 17 heavy (non-hydrogen) atoms. The van der Waals surface area contributed by atoms with Gasteiger partial charge in [-0.1, -0.05) is 4.49 Å². The molecule has 0 radical (unpaired) electrons. The fourth-order valence-electron chi connectivity index (χ4n) is 2.54. The van der Waals surface area contributed by atoms with E-state index in [1.807, 2.05) is 6.92 Å². The molecule has 0 amide bonds. The Kier molecular flexibility index (Phi) is 3.12. The lowest BCUT2D eigenvalue weighted by atomic mass is 10.0. The fourth-order valence-corrected chi connectivity index (χ4v) is 3.21. The molecule has 3 rings (SSSR count). The second kappa shape index (κ2) is 4.61. The summed E-state index contributed by atoms with van der Waals surface area (Å²) in [5.41, 5.74) is 1.04. The minimum Gasteiger partial charge on any atom is -0.346 e. The van der Waals surface area contributed by atoms with Crippen LogP contribution >= 0.6 is 11.5 Å². The molecule has 2 fully saturated rings. The number of ether oxygens (including phenoxy) is 2. The van der Waals surface area contributed by atoms with Crippen molar-refractivity contribution in [2.75, 3.05) is 26.3 Å². The summed E-state index contributed by atoms with van der Waals surface area (Å²) < 4.78 is 15.5. The van der Waals surface area contributed by atoms with Gasteiger partial charge >= 0.3 is 0 Å². The van der Waals surface area contributed by atoms with Crippen LogP contribution in [0.5, 0.6) is 0 Å². The molecule has 1 spiro atoms. The van der Waals surface area contributed by atoms with Gasteiger partial charge in [0.15, 0.2) is 5.79 Å². The van der Waals surface area contributed by atoms with Crippen LogP contribution in [-0.2, 0) is 16.0 Å². The van der Waals surface area contributed by atoms with E-state index in [4.69, 9.17) is 9.47 Å². The summed E-state index contributed by atoms with van der Waals surface area (Å²) in [6.07, 6.45) is 2.15. The van der Waals surface area contributed by atoms with Gasteiger partial charge in [-0.15, -0.1) is 5.10 Å². The van der Waals surface area contributed by atoms with Gasteiger partial charge in [0.2, 0.25) is 0 Å². The summed E-state index contributed by atoms with van der Waals surface area (Å²) in [7, 11) is 0. The SMILES string of the molecule is Cc1nnsc1CN1CCCC2(C1)OCCO2. The maximum Gasteiger partial charge on any atom is 0.181 e.